The van der Waals surface area contributed by atoms with Gasteiger partial charge in [-0.1, -0.05) is 48.5 Å². The fourth-order valence-electron chi connectivity index (χ4n) is 1.99. The van der Waals surface area contributed by atoms with E-state index in [4.69, 9.17) is 9.47 Å². The summed E-state index contributed by atoms with van der Waals surface area (Å²) in [6, 6.07) is 19.4. The second-order valence-corrected chi connectivity index (χ2v) is 4.93. The number of hydrogen-bond donors (Lipinski definition) is 0. The SMILES string of the molecule is CC(CCc1ccccc1)OC(=O)COc1ccccc1. The van der Waals surface area contributed by atoms with Crippen molar-refractivity contribution >= 4 is 5.97 Å². The Morgan fingerprint density at radius 3 is 2.29 bits per heavy atom. The van der Waals surface area contributed by atoms with Crippen molar-refractivity contribution in [1.82, 2.24) is 0 Å². The minimum Gasteiger partial charge on any atom is -0.482 e. The average Bonchev–Trinajstić information content (AvgIpc) is 2.53. The number of carbonyl (C=O) groups is 1. The van der Waals surface area contributed by atoms with Gasteiger partial charge in [0, 0.05) is 0 Å². The minimum absolute atomic E-state index is 0.0559. The fraction of sp³-hybridized carbons (Fsp3) is 0.278. The van der Waals surface area contributed by atoms with Crippen LogP contribution in [0.3, 0.4) is 0 Å². The third-order valence-corrected chi connectivity index (χ3v) is 3.11. The van der Waals surface area contributed by atoms with Crippen LogP contribution in [-0.2, 0) is 16.0 Å². The molecule has 2 rings (SSSR count). The van der Waals surface area contributed by atoms with Crippen molar-refractivity contribution < 1.29 is 14.3 Å². The Balaban J connectivity index is 1.67. The Morgan fingerprint density at radius 1 is 1.00 bits per heavy atom. The van der Waals surface area contributed by atoms with Gasteiger partial charge in [-0.3, -0.25) is 0 Å². The Kier molecular flexibility index (Phi) is 5.83. The standard InChI is InChI=1S/C18H20O3/c1-15(12-13-16-8-4-2-5-9-16)21-18(19)14-20-17-10-6-3-7-11-17/h2-11,15H,12-14H2,1H3. The Hall–Kier alpha value is -2.29. The summed E-state index contributed by atoms with van der Waals surface area (Å²) in [4.78, 5) is 11.7. The van der Waals surface area contributed by atoms with Crippen LogP contribution in [0, 0.1) is 0 Å². The molecule has 1 atom stereocenters. The summed E-state index contributed by atoms with van der Waals surface area (Å²) < 4.78 is 10.7. The van der Waals surface area contributed by atoms with E-state index < -0.39 is 0 Å². The molecule has 0 radical (unpaired) electrons. The van der Waals surface area contributed by atoms with Crippen molar-refractivity contribution in [2.45, 2.75) is 25.9 Å². The highest BCUT2D eigenvalue weighted by atomic mass is 16.6. The third-order valence-electron chi connectivity index (χ3n) is 3.11. The lowest BCUT2D eigenvalue weighted by atomic mass is 10.1. The van der Waals surface area contributed by atoms with Crippen LogP contribution in [0.2, 0.25) is 0 Å². The van der Waals surface area contributed by atoms with E-state index in [1.807, 2.05) is 55.5 Å². The number of carbonyl (C=O) groups excluding carboxylic acids is 1. The van der Waals surface area contributed by atoms with E-state index in [9.17, 15) is 4.79 Å². The van der Waals surface area contributed by atoms with Gasteiger partial charge in [0.2, 0.25) is 0 Å². The largest absolute Gasteiger partial charge is 0.482 e. The lowest BCUT2D eigenvalue weighted by molar-refractivity contribution is -0.150. The van der Waals surface area contributed by atoms with Gasteiger partial charge in [-0.15, -0.1) is 0 Å². The van der Waals surface area contributed by atoms with Crippen LogP contribution >= 0.6 is 0 Å². The van der Waals surface area contributed by atoms with Gasteiger partial charge in [-0.05, 0) is 37.5 Å². The smallest absolute Gasteiger partial charge is 0.344 e. The van der Waals surface area contributed by atoms with Crippen molar-refractivity contribution in [1.29, 1.82) is 0 Å². The van der Waals surface area contributed by atoms with E-state index >= 15 is 0 Å². The van der Waals surface area contributed by atoms with Crippen molar-refractivity contribution in [3.63, 3.8) is 0 Å². The topological polar surface area (TPSA) is 35.5 Å². The molecule has 0 fully saturated rings. The highest BCUT2D eigenvalue weighted by Gasteiger charge is 2.10. The van der Waals surface area contributed by atoms with Crippen LogP contribution in [0.5, 0.6) is 5.75 Å². The van der Waals surface area contributed by atoms with Gasteiger partial charge in [0.1, 0.15) is 5.75 Å². The predicted molar refractivity (Wildman–Crippen MR) is 82.3 cm³/mol. The molecule has 21 heavy (non-hydrogen) atoms. The van der Waals surface area contributed by atoms with Gasteiger partial charge in [-0.2, -0.15) is 0 Å². The lowest BCUT2D eigenvalue weighted by Gasteiger charge is -2.13. The maximum atomic E-state index is 11.7. The Labute approximate surface area is 125 Å². The van der Waals surface area contributed by atoms with E-state index in [1.165, 1.54) is 5.56 Å². The molecule has 0 aliphatic heterocycles. The van der Waals surface area contributed by atoms with Crippen molar-refractivity contribution in [3.05, 3.63) is 66.2 Å². The summed E-state index contributed by atoms with van der Waals surface area (Å²) in [5.41, 5.74) is 1.25. The molecule has 0 aliphatic carbocycles. The van der Waals surface area contributed by atoms with Gasteiger partial charge >= 0.3 is 5.97 Å². The summed E-state index contributed by atoms with van der Waals surface area (Å²) in [7, 11) is 0. The zero-order chi connectivity index (χ0) is 14.9. The van der Waals surface area contributed by atoms with Gasteiger partial charge in [0.05, 0.1) is 6.10 Å². The van der Waals surface area contributed by atoms with E-state index in [0.717, 1.165) is 12.8 Å². The maximum Gasteiger partial charge on any atom is 0.344 e. The van der Waals surface area contributed by atoms with E-state index in [-0.39, 0.29) is 18.7 Å². The maximum absolute atomic E-state index is 11.7. The summed E-state index contributed by atoms with van der Waals surface area (Å²) in [5.74, 6) is 0.339. The number of aryl methyl sites for hydroxylation is 1. The number of ether oxygens (including phenoxy) is 2. The zero-order valence-electron chi connectivity index (χ0n) is 12.2. The quantitative estimate of drug-likeness (QED) is 0.728. The number of esters is 1. The van der Waals surface area contributed by atoms with Crippen LogP contribution in [0.4, 0.5) is 0 Å². The Morgan fingerprint density at radius 2 is 1.62 bits per heavy atom. The molecule has 0 aromatic heterocycles. The number of benzene rings is 2. The highest BCUT2D eigenvalue weighted by molar-refractivity contribution is 5.71. The second-order valence-electron chi connectivity index (χ2n) is 4.93. The Bertz CT molecular complexity index is 537. The summed E-state index contributed by atoms with van der Waals surface area (Å²) in [6.45, 7) is 1.85. The first kappa shape index (κ1) is 15.1. The fourth-order valence-corrected chi connectivity index (χ4v) is 1.99. The van der Waals surface area contributed by atoms with Crippen LogP contribution < -0.4 is 4.74 Å². The first-order valence-corrected chi connectivity index (χ1v) is 7.15. The molecule has 0 bridgehead atoms. The second kappa shape index (κ2) is 8.10. The van der Waals surface area contributed by atoms with E-state index in [0.29, 0.717) is 5.75 Å². The number of para-hydroxylation sites is 1. The van der Waals surface area contributed by atoms with Gasteiger partial charge in [0.25, 0.3) is 0 Å². The van der Waals surface area contributed by atoms with Crippen molar-refractivity contribution in [2.75, 3.05) is 6.61 Å². The van der Waals surface area contributed by atoms with Crippen LogP contribution in [0.25, 0.3) is 0 Å². The molecule has 0 aliphatic rings. The average molecular weight is 284 g/mol. The van der Waals surface area contributed by atoms with E-state index in [2.05, 4.69) is 12.1 Å². The lowest BCUT2D eigenvalue weighted by Crippen LogP contribution is -2.21. The molecule has 0 spiro atoms. The highest BCUT2D eigenvalue weighted by Crippen LogP contribution is 2.10. The first-order chi connectivity index (χ1) is 10.2. The molecule has 110 valence electrons. The van der Waals surface area contributed by atoms with Crippen molar-refractivity contribution in [2.24, 2.45) is 0 Å². The molecule has 0 saturated heterocycles. The number of hydrogen-bond acceptors (Lipinski definition) is 3. The molecule has 3 nitrogen and oxygen atoms in total. The van der Waals surface area contributed by atoms with Crippen LogP contribution in [0.1, 0.15) is 18.9 Å². The molecule has 0 N–H and O–H groups in total. The molecular weight excluding hydrogens is 264 g/mol. The molecule has 1 unspecified atom stereocenters. The summed E-state index contributed by atoms with van der Waals surface area (Å²) >= 11 is 0. The molecule has 3 heteroatoms. The summed E-state index contributed by atoms with van der Waals surface area (Å²) in [5, 5.41) is 0. The molecule has 2 aromatic rings. The first-order valence-electron chi connectivity index (χ1n) is 7.15. The molecule has 0 saturated carbocycles. The normalized spacial score (nSPS) is 11.7. The van der Waals surface area contributed by atoms with Crippen LogP contribution in [-0.4, -0.2) is 18.7 Å². The molecule has 2 aromatic carbocycles. The third kappa shape index (κ3) is 5.69. The van der Waals surface area contributed by atoms with Gasteiger partial charge < -0.3 is 9.47 Å². The monoisotopic (exact) mass is 284 g/mol. The molecular formula is C18H20O3. The van der Waals surface area contributed by atoms with Crippen LogP contribution in [0.15, 0.2) is 60.7 Å². The number of rotatable bonds is 7. The van der Waals surface area contributed by atoms with E-state index in [1.54, 1.807) is 0 Å². The minimum atomic E-state index is -0.334. The van der Waals surface area contributed by atoms with Gasteiger partial charge in [0.15, 0.2) is 6.61 Å². The zero-order valence-corrected chi connectivity index (χ0v) is 12.2. The predicted octanol–water partition coefficient (Wildman–Crippen LogP) is 3.63. The van der Waals surface area contributed by atoms with Gasteiger partial charge in [-0.25, -0.2) is 4.79 Å². The summed E-state index contributed by atoms with van der Waals surface area (Å²) in [6.07, 6.45) is 1.59. The van der Waals surface area contributed by atoms with Crippen molar-refractivity contribution in [3.8, 4) is 5.75 Å². The molecule has 0 amide bonds. The molecule has 0 heterocycles.